The topological polar surface area (TPSA) is 58.9 Å². The molecule has 1 aliphatic rings. The van der Waals surface area contributed by atoms with Crippen molar-refractivity contribution in [3.05, 3.63) is 36.3 Å². The molecule has 1 aliphatic heterocycles. The van der Waals surface area contributed by atoms with Gasteiger partial charge in [0.1, 0.15) is 0 Å². The van der Waals surface area contributed by atoms with Gasteiger partial charge in [0.25, 0.3) is 0 Å². The fraction of sp³-hybridized carbons (Fsp3) is 0.500. The van der Waals surface area contributed by atoms with Gasteiger partial charge in [0, 0.05) is 50.7 Å². The number of nitrogens with one attached hydrogen (secondary N) is 1. The van der Waals surface area contributed by atoms with Crippen LogP contribution in [0.3, 0.4) is 0 Å². The monoisotopic (exact) mass is 272 g/mol. The van der Waals surface area contributed by atoms with E-state index in [-0.39, 0.29) is 0 Å². The minimum atomic E-state index is 0.503. The Bertz CT molecular complexity index is 538. The number of anilines is 1. The molecule has 1 atom stereocenters. The molecular formula is C14H20N6. The molecule has 6 heteroatoms. The van der Waals surface area contributed by atoms with Gasteiger partial charge in [0.15, 0.2) is 5.82 Å². The predicted molar refractivity (Wildman–Crippen MR) is 77.3 cm³/mol. The van der Waals surface area contributed by atoms with Gasteiger partial charge >= 0.3 is 0 Å². The van der Waals surface area contributed by atoms with E-state index in [1.165, 1.54) is 18.4 Å². The number of hydrogen-bond donors (Lipinski definition) is 1. The summed E-state index contributed by atoms with van der Waals surface area (Å²) in [5.41, 5.74) is 1.22. The zero-order valence-electron chi connectivity index (χ0n) is 11.7. The van der Waals surface area contributed by atoms with E-state index in [4.69, 9.17) is 0 Å². The van der Waals surface area contributed by atoms with Gasteiger partial charge in [-0.1, -0.05) is 0 Å². The molecule has 0 aliphatic carbocycles. The molecule has 0 spiro atoms. The van der Waals surface area contributed by atoms with E-state index in [1.54, 1.807) is 6.20 Å². The molecule has 3 rings (SSSR count). The summed E-state index contributed by atoms with van der Waals surface area (Å²) >= 11 is 0. The fourth-order valence-electron chi connectivity index (χ4n) is 2.74. The quantitative estimate of drug-likeness (QED) is 0.879. The first kappa shape index (κ1) is 13.1. The molecule has 0 unspecified atom stereocenters. The van der Waals surface area contributed by atoms with Crippen molar-refractivity contribution in [2.45, 2.75) is 25.4 Å². The molecule has 0 saturated carbocycles. The van der Waals surface area contributed by atoms with Gasteiger partial charge < -0.3 is 10.2 Å². The van der Waals surface area contributed by atoms with E-state index in [0.29, 0.717) is 6.04 Å². The standard InChI is InChI=1S/C14H20N6/c1-19-11-12(9-17-19)8-15-10-13-4-3-7-20(13)14-5-2-6-16-18-14/h2,5-6,9,11,13,15H,3-4,7-8,10H2,1H3/t13-/m0/s1. The molecule has 2 aromatic heterocycles. The number of nitrogens with zero attached hydrogens (tertiary/aromatic N) is 5. The van der Waals surface area contributed by atoms with Gasteiger partial charge in [0.05, 0.1) is 6.20 Å². The summed E-state index contributed by atoms with van der Waals surface area (Å²) in [6.45, 7) is 2.89. The van der Waals surface area contributed by atoms with Crippen molar-refractivity contribution in [3.8, 4) is 0 Å². The largest absolute Gasteiger partial charge is 0.351 e. The highest BCUT2D eigenvalue weighted by molar-refractivity contribution is 5.39. The van der Waals surface area contributed by atoms with Gasteiger partial charge in [-0.25, -0.2) is 0 Å². The Morgan fingerprint density at radius 3 is 3.15 bits per heavy atom. The summed E-state index contributed by atoms with van der Waals surface area (Å²) in [4.78, 5) is 2.35. The van der Waals surface area contributed by atoms with E-state index in [1.807, 2.05) is 36.3 Å². The second kappa shape index (κ2) is 6.00. The summed E-state index contributed by atoms with van der Waals surface area (Å²) in [6, 6.07) is 4.48. The SMILES string of the molecule is Cn1cc(CNC[C@@H]2CCCN2c2cccnn2)cn1. The maximum absolute atomic E-state index is 4.22. The highest BCUT2D eigenvalue weighted by Crippen LogP contribution is 2.22. The number of aromatic nitrogens is 4. The lowest BCUT2D eigenvalue weighted by Gasteiger charge is -2.25. The van der Waals surface area contributed by atoms with Crippen LogP contribution in [0.4, 0.5) is 5.82 Å². The van der Waals surface area contributed by atoms with E-state index >= 15 is 0 Å². The third-order valence-electron chi connectivity index (χ3n) is 3.70. The summed E-state index contributed by atoms with van der Waals surface area (Å²) in [5.74, 6) is 0.984. The minimum absolute atomic E-state index is 0.503. The maximum Gasteiger partial charge on any atom is 0.151 e. The fourth-order valence-corrected chi connectivity index (χ4v) is 2.74. The molecule has 0 radical (unpaired) electrons. The van der Waals surface area contributed by atoms with Gasteiger partial charge in [-0.05, 0) is 25.0 Å². The van der Waals surface area contributed by atoms with E-state index in [2.05, 4.69) is 25.5 Å². The van der Waals surface area contributed by atoms with Gasteiger partial charge in [-0.2, -0.15) is 10.2 Å². The highest BCUT2D eigenvalue weighted by Gasteiger charge is 2.25. The molecule has 106 valence electrons. The molecule has 1 fully saturated rings. The maximum atomic E-state index is 4.22. The zero-order valence-corrected chi connectivity index (χ0v) is 11.7. The first-order valence-corrected chi connectivity index (χ1v) is 7.05. The minimum Gasteiger partial charge on any atom is -0.351 e. The van der Waals surface area contributed by atoms with Crippen molar-refractivity contribution >= 4 is 5.82 Å². The van der Waals surface area contributed by atoms with Crippen LogP contribution in [0, 0.1) is 0 Å². The number of aryl methyl sites for hydroxylation is 1. The second-order valence-electron chi connectivity index (χ2n) is 5.22. The summed E-state index contributed by atoms with van der Waals surface area (Å²) < 4.78 is 1.83. The normalized spacial score (nSPS) is 18.6. The van der Waals surface area contributed by atoms with Crippen molar-refractivity contribution < 1.29 is 0 Å². The molecule has 1 N–H and O–H groups in total. The Morgan fingerprint density at radius 1 is 1.45 bits per heavy atom. The Labute approximate surface area is 118 Å². The van der Waals surface area contributed by atoms with E-state index in [0.717, 1.165) is 25.5 Å². The molecule has 2 aromatic rings. The zero-order chi connectivity index (χ0) is 13.8. The Hall–Kier alpha value is -1.95. The lowest BCUT2D eigenvalue weighted by Crippen LogP contribution is -2.38. The lowest BCUT2D eigenvalue weighted by atomic mass is 10.2. The molecule has 0 amide bonds. The molecule has 20 heavy (non-hydrogen) atoms. The van der Waals surface area contributed by atoms with Crippen LogP contribution in [-0.2, 0) is 13.6 Å². The molecule has 0 aromatic carbocycles. The second-order valence-corrected chi connectivity index (χ2v) is 5.22. The predicted octanol–water partition coefficient (Wildman–Crippen LogP) is 0.969. The van der Waals surface area contributed by atoms with Gasteiger partial charge in [0.2, 0.25) is 0 Å². The molecule has 1 saturated heterocycles. The van der Waals surface area contributed by atoms with Crippen molar-refractivity contribution in [1.82, 2.24) is 25.3 Å². The lowest BCUT2D eigenvalue weighted by molar-refractivity contribution is 0.569. The first-order valence-electron chi connectivity index (χ1n) is 7.05. The highest BCUT2D eigenvalue weighted by atomic mass is 15.3. The van der Waals surface area contributed by atoms with Crippen molar-refractivity contribution in [2.24, 2.45) is 7.05 Å². The van der Waals surface area contributed by atoms with Crippen LogP contribution in [0.5, 0.6) is 0 Å². The molecule has 0 bridgehead atoms. The summed E-state index contributed by atoms with van der Waals surface area (Å²) in [6.07, 6.45) is 8.09. The van der Waals surface area contributed by atoms with Gasteiger partial charge in [-0.15, -0.1) is 5.10 Å². The Kier molecular flexibility index (Phi) is 3.92. The van der Waals surface area contributed by atoms with Crippen molar-refractivity contribution in [2.75, 3.05) is 18.0 Å². The van der Waals surface area contributed by atoms with Crippen LogP contribution in [0.1, 0.15) is 18.4 Å². The molecular weight excluding hydrogens is 252 g/mol. The van der Waals surface area contributed by atoms with Crippen LogP contribution in [0.2, 0.25) is 0 Å². The third-order valence-corrected chi connectivity index (χ3v) is 3.70. The summed E-state index contributed by atoms with van der Waals surface area (Å²) in [7, 11) is 1.94. The average molecular weight is 272 g/mol. The van der Waals surface area contributed by atoms with Crippen LogP contribution in [0.15, 0.2) is 30.7 Å². The van der Waals surface area contributed by atoms with Crippen LogP contribution in [-0.4, -0.2) is 39.1 Å². The number of hydrogen-bond acceptors (Lipinski definition) is 5. The molecule has 3 heterocycles. The summed E-state index contributed by atoms with van der Waals surface area (Å²) in [5, 5.41) is 15.9. The van der Waals surface area contributed by atoms with Crippen LogP contribution in [0.25, 0.3) is 0 Å². The van der Waals surface area contributed by atoms with Crippen LogP contribution < -0.4 is 10.2 Å². The van der Waals surface area contributed by atoms with Crippen molar-refractivity contribution in [3.63, 3.8) is 0 Å². The van der Waals surface area contributed by atoms with Crippen LogP contribution >= 0.6 is 0 Å². The van der Waals surface area contributed by atoms with E-state index < -0.39 is 0 Å². The average Bonchev–Trinajstić information content (AvgIpc) is 3.09. The molecule has 6 nitrogen and oxygen atoms in total. The first-order chi connectivity index (χ1) is 9.83. The van der Waals surface area contributed by atoms with Gasteiger partial charge in [-0.3, -0.25) is 4.68 Å². The Balaban J connectivity index is 1.54. The Morgan fingerprint density at radius 2 is 2.40 bits per heavy atom. The van der Waals surface area contributed by atoms with E-state index in [9.17, 15) is 0 Å². The third kappa shape index (κ3) is 2.96. The number of rotatable bonds is 5. The van der Waals surface area contributed by atoms with Crippen molar-refractivity contribution in [1.29, 1.82) is 0 Å². The smallest absolute Gasteiger partial charge is 0.151 e.